The second-order valence-corrected chi connectivity index (χ2v) is 4.76. The minimum atomic E-state index is -0.653. The number of halogens is 1. The Morgan fingerprint density at radius 1 is 1.53 bits per heavy atom. The molecule has 1 aromatic carbocycles. The molecule has 2 unspecified atom stereocenters. The maximum Gasteiger partial charge on any atom is 0.335 e. The smallest absolute Gasteiger partial charge is 0.335 e. The lowest BCUT2D eigenvalue weighted by Gasteiger charge is -2.17. The normalized spacial score (nSPS) is 21.0. The van der Waals surface area contributed by atoms with Gasteiger partial charge in [-0.15, -0.1) is 0 Å². The number of aliphatic imine (C=N–C) groups is 1. The van der Waals surface area contributed by atoms with Crippen LogP contribution in [0.15, 0.2) is 27.7 Å². The molecule has 1 aliphatic heterocycles. The third kappa shape index (κ3) is 2.89. The van der Waals surface area contributed by atoms with E-state index < -0.39 is 12.1 Å². The van der Waals surface area contributed by atoms with Gasteiger partial charge in [-0.2, -0.15) is 0 Å². The van der Waals surface area contributed by atoms with Crippen LogP contribution in [0.1, 0.15) is 18.6 Å². The molecule has 0 saturated heterocycles. The summed E-state index contributed by atoms with van der Waals surface area (Å²) in [5, 5.41) is 0. The van der Waals surface area contributed by atoms with E-state index in [1.54, 1.807) is 14.0 Å². The summed E-state index contributed by atoms with van der Waals surface area (Å²) in [5.41, 5.74) is 0.836. The Kier molecular flexibility index (Phi) is 4.42. The summed E-state index contributed by atoms with van der Waals surface area (Å²) in [5.74, 6) is 0.337. The molecule has 2 rings (SSSR count). The van der Waals surface area contributed by atoms with Gasteiger partial charge in [-0.05, 0) is 40.5 Å². The highest BCUT2D eigenvalue weighted by Crippen LogP contribution is 2.33. The number of carbonyl (C=O) groups excluding carboxylic acids is 1. The first-order valence-corrected chi connectivity index (χ1v) is 6.63. The fourth-order valence-electron chi connectivity index (χ4n) is 1.85. The summed E-state index contributed by atoms with van der Waals surface area (Å²) in [6.45, 7) is 2.08. The predicted molar refractivity (Wildman–Crippen MR) is 73.4 cm³/mol. The topological polar surface area (TPSA) is 57.1 Å². The molecule has 0 amide bonds. The molecule has 6 heteroatoms. The number of hydrogen-bond acceptors (Lipinski definition) is 5. The molecule has 2 atom stereocenters. The highest BCUT2D eigenvalue weighted by molar-refractivity contribution is 9.10. The van der Waals surface area contributed by atoms with Crippen LogP contribution in [-0.4, -0.2) is 32.1 Å². The SMILES string of the molecule is CCOC(=O)C1N=COC1c1ccc(OC)c(Br)c1. The van der Waals surface area contributed by atoms with Gasteiger partial charge in [-0.3, -0.25) is 0 Å². The minimum absolute atomic E-state index is 0.323. The number of rotatable bonds is 4. The second-order valence-electron chi connectivity index (χ2n) is 3.90. The molecule has 0 fully saturated rings. The van der Waals surface area contributed by atoms with Crippen LogP contribution in [0.2, 0.25) is 0 Å². The van der Waals surface area contributed by atoms with E-state index in [4.69, 9.17) is 14.2 Å². The van der Waals surface area contributed by atoms with Crippen LogP contribution in [0.3, 0.4) is 0 Å². The summed E-state index contributed by atoms with van der Waals surface area (Å²) in [7, 11) is 1.59. The number of carbonyl (C=O) groups is 1. The molecule has 0 aliphatic carbocycles. The van der Waals surface area contributed by atoms with Crippen molar-refractivity contribution in [3.8, 4) is 5.75 Å². The Morgan fingerprint density at radius 2 is 2.32 bits per heavy atom. The maximum absolute atomic E-state index is 11.8. The van der Waals surface area contributed by atoms with E-state index in [9.17, 15) is 4.79 Å². The Labute approximate surface area is 119 Å². The fourth-order valence-corrected chi connectivity index (χ4v) is 2.41. The van der Waals surface area contributed by atoms with E-state index in [1.165, 1.54) is 6.40 Å². The van der Waals surface area contributed by atoms with Crippen molar-refractivity contribution in [2.75, 3.05) is 13.7 Å². The van der Waals surface area contributed by atoms with Gasteiger partial charge in [0.2, 0.25) is 0 Å². The van der Waals surface area contributed by atoms with Gasteiger partial charge in [0.1, 0.15) is 5.75 Å². The Bertz CT molecular complexity index is 503. The van der Waals surface area contributed by atoms with E-state index >= 15 is 0 Å². The number of esters is 1. The first-order valence-electron chi connectivity index (χ1n) is 5.84. The van der Waals surface area contributed by atoms with E-state index in [1.807, 2.05) is 18.2 Å². The quantitative estimate of drug-likeness (QED) is 0.797. The van der Waals surface area contributed by atoms with Crippen LogP contribution in [-0.2, 0) is 14.3 Å². The van der Waals surface area contributed by atoms with Crippen molar-refractivity contribution in [2.24, 2.45) is 4.99 Å². The van der Waals surface area contributed by atoms with Crippen molar-refractivity contribution in [2.45, 2.75) is 19.1 Å². The number of benzene rings is 1. The van der Waals surface area contributed by atoms with Gasteiger partial charge >= 0.3 is 5.97 Å². The molecular weight excluding hydrogens is 314 g/mol. The number of methoxy groups -OCH3 is 1. The van der Waals surface area contributed by atoms with Gasteiger partial charge in [0, 0.05) is 0 Å². The van der Waals surface area contributed by atoms with Crippen molar-refractivity contribution in [3.63, 3.8) is 0 Å². The molecule has 102 valence electrons. The molecule has 19 heavy (non-hydrogen) atoms. The molecular formula is C13H14BrNO4. The Balaban J connectivity index is 2.21. The van der Waals surface area contributed by atoms with Gasteiger partial charge in [-0.25, -0.2) is 9.79 Å². The third-order valence-electron chi connectivity index (χ3n) is 2.75. The molecule has 0 saturated carbocycles. The second kappa shape index (κ2) is 6.06. The van der Waals surface area contributed by atoms with Crippen LogP contribution >= 0.6 is 15.9 Å². The van der Waals surface area contributed by atoms with Gasteiger partial charge in [-0.1, -0.05) is 6.07 Å². The molecule has 0 bridgehead atoms. The molecule has 0 radical (unpaired) electrons. The summed E-state index contributed by atoms with van der Waals surface area (Å²) in [4.78, 5) is 15.8. The fraction of sp³-hybridized carbons (Fsp3) is 0.385. The summed E-state index contributed by atoms with van der Waals surface area (Å²) >= 11 is 3.40. The Hall–Kier alpha value is -1.56. The van der Waals surface area contributed by atoms with Crippen molar-refractivity contribution in [1.82, 2.24) is 0 Å². The first-order chi connectivity index (χ1) is 9.17. The van der Waals surface area contributed by atoms with E-state index in [0.717, 1.165) is 15.8 Å². The average molecular weight is 328 g/mol. The molecule has 1 heterocycles. The van der Waals surface area contributed by atoms with Gasteiger partial charge < -0.3 is 14.2 Å². The molecule has 0 spiro atoms. The highest BCUT2D eigenvalue weighted by atomic mass is 79.9. The van der Waals surface area contributed by atoms with Gasteiger partial charge in [0.25, 0.3) is 0 Å². The van der Waals surface area contributed by atoms with Crippen molar-refractivity contribution >= 4 is 28.3 Å². The monoisotopic (exact) mass is 327 g/mol. The lowest BCUT2D eigenvalue weighted by molar-refractivity contribution is -0.146. The van der Waals surface area contributed by atoms with Crippen molar-refractivity contribution < 1.29 is 19.0 Å². The molecule has 1 aliphatic rings. The minimum Gasteiger partial charge on any atom is -0.496 e. The van der Waals surface area contributed by atoms with Crippen LogP contribution in [0.25, 0.3) is 0 Å². The zero-order chi connectivity index (χ0) is 13.8. The molecule has 5 nitrogen and oxygen atoms in total. The van der Waals surface area contributed by atoms with Crippen LogP contribution < -0.4 is 4.74 Å². The third-order valence-corrected chi connectivity index (χ3v) is 3.37. The lowest BCUT2D eigenvalue weighted by atomic mass is 10.0. The zero-order valence-electron chi connectivity index (χ0n) is 10.6. The lowest BCUT2D eigenvalue weighted by Crippen LogP contribution is -2.26. The summed E-state index contributed by atoms with van der Waals surface area (Å²) in [6, 6.07) is 4.85. The number of ether oxygens (including phenoxy) is 3. The summed E-state index contributed by atoms with van der Waals surface area (Å²) < 4.78 is 16.3. The van der Waals surface area contributed by atoms with Crippen LogP contribution in [0.4, 0.5) is 0 Å². The zero-order valence-corrected chi connectivity index (χ0v) is 12.2. The summed E-state index contributed by atoms with van der Waals surface area (Å²) in [6.07, 6.45) is 0.839. The standard InChI is InChI=1S/C13H14BrNO4/c1-3-18-13(16)11-12(19-7-15-11)8-4-5-10(17-2)9(14)6-8/h4-7,11-12H,3H2,1-2H3. The number of nitrogens with zero attached hydrogens (tertiary/aromatic N) is 1. The number of hydrogen-bond donors (Lipinski definition) is 0. The van der Waals surface area contributed by atoms with Crippen LogP contribution in [0, 0.1) is 0 Å². The van der Waals surface area contributed by atoms with Gasteiger partial charge in [0.15, 0.2) is 18.5 Å². The van der Waals surface area contributed by atoms with Crippen molar-refractivity contribution in [1.29, 1.82) is 0 Å². The molecule has 1 aromatic rings. The Morgan fingerprint density at radius 3 is 2.95 bits per heavy atom. The van der Waals surface area contributed by atoms with E-state index in [0.29, 0.717) is 6.61 Å². The highest BCUT2D eigenvalue weighted by Gasteiger charge is 2.35. The van der Waals surface area contributed by atoms with Crippen LogP contribution in [0.5, 0.6) is 5.75 Å². The maximum atomic E-state index is 11.8. The molecule has 0 N–H and O–H groups in total. The van der Waals surface area contributed by atoms with E-state index in [-0.39, 0.29) is 5.97 Å². The first kappa shape index (κ1) is 13.9. The largest absolute Gasteiger partial charge is 0.496 e. The molecule has 0 aromatic heterocycles. The van der Waals surface area contributed by atoms with E-state index in [2.05, 4.69) is 20.9 Å². The van der Waals surface area contributed by atoms with Crippen molar-refractivity contribution in [3.05, 3.63) is 28.2 Å². The van der Waals surface area contributed by atoms with Gasteiger partial charge in [0.05, 0.1) is 18.2 Å². The predicted octanol–water partition coefficient (Wildman–Crippen LogP) is 2.49. The average Bonchev–Trinajstić information content (AvgIpc) is 2.88.